The molecule has 30 heavy (non-hydrogen) atoms. The Balaban J connectivity index is 0.00000320. The Morgan fingerprint density at radius 3 is 1.90 bits per heavy atom. The van der Waals surface area contributed by atoms with Crippen molar-refractivity contribution in [2.75, 3.05) is 51.1 Å². The third kappa shape index (κ3) is 6.66. The van der Waals surface area contributed by atoms with Crippen LogP contribution in [0.5, 0.6) is 0 Å². The molecule has 0 spiro atoms. The molecule has 0 bridgehead atoms. The molecule has 0 amide bonds. The van der Waals surface area contributed by atoms with E-state index in [1.54, 1.807) is 24.3 Å². The maximum absolute atomic E-state index is 12.7. The Bertz CT molecular complexity index is 925. The first kappa shape index (κ1) is 26.1. The van der Waals surface area contributed by atoms with Crippen LogP contribution in [-0.2, 0) is 57.7 Å². The maximum atomic E-state index is 12.7. The average molecular weight is 665 g/mol. The first-order chi connectivity index (χ1) is 13.6. The van der Waals surface area contributed by atoms with Gasteiger partial charge in [-0.15, -0.1) is 5.69 Å². The van der Waals surface area contributed by atoms with E-state index in [4.69, 9.17) is 25.3 Å². The van der Waals surface area contributed by atoms with Gasteiger partial charge in [0.15, 0.2) is 0 Å². The first-order valence-electron chi connectivity index (χ1n) is 9.37. The molecule has 1 radical (unpaired) electrons. The molecular weight excluding hydrogens is 638 g/mol. The standard InChI is InChI=1S/C20H28N3O2PS3.Au/c1-26(2,3)18-8-10-19(11-9-18)29(24,25)21-16-4-6-17(7-5-16)22-12-14-23(15-13-22)20(27)28;/h4-11,20,27-28H,12-15H2,1-3H3;/p-2. The molecule has 2 aromatic carbocycles. The molecule has 1 heterocycles. The Labute approximate surface area is 207 Å². The van der Waals surface area contributed by atoms with Crippen molar-refractivity contribution in [1.29, 1.82) is 0 Å². The number of sulfonamides is 1. The zero-order valence-corrected chi connectivity index (χ0v) is 22.7. The summed E-state index contributed by atoms with van der Waals surface area (Å²) in [7, 11) is -4.92. The predicted molar refractivity (Wildman–Crippen MR) is 130 cm³/mol. The van der Waals surface area contributed by atoms with E-state index >= 15 is 0 Å². The number of hydrogen-bond donors (Lipinski definition) is 0. The predicted octanol–water partition coefficient (Wildman–Crippen LogP) is 3.11. The van der Waals surface area contributed by atoms with Crippen molar-refractivity contribution in [2.24, 2.45) is 0 Å². The zero-order chi connectivity index (χ0) is 21.2. The van der Waals surface area contributed by atoms with E-state index in [-0.39, 0.29) is 32.0 Å². The van der Waals surface area contributed by atoms with E-state index in [1.165, 1.54) is 5.30 Å². The molecule has 0 aromatic heterocycles. The molecule has 2 aromatic rings. The van der Waals surface area contributed by atoms with Gasteiger partial charge in [-0.25, -0.2) is 13.1 Å². The van der Waals surface area contributed by atoms with Crippen LogP contribution in [-0.4, -0.2) is 64.2 Å². The van der Waals surface area contributed by atoms with Crippen molar-refractivity contribution in [2.45, 2.75) is 9.60 Å². The van der Waals surface area contributed by atoms with E-state index in [0.29, 0.717) is 5.69 Å². The fourth-order valence-electron chi connectivity index (χ4n) is 3.17. The van der Waals surface area contributed by atoms with Gasteiger partial charge in [0.1, 0.15) is 10.0 Å². The van der Waals surface area contributed by atoms with Crippen molar-refractivity contribution < 1.29 is 30.8 Å². The first-order valence-corrected chi connectivity index (χ1v) is 14.9. The smallest absolute Gasteiger partial charge is 0.123 e. The summed E-state index contributed by atoms with van der Waals surface area (Å²) in [5, 5.41) is 1.19. The van der Waals surface area contributed by atoms with Crippen LogP contribution in [0.3, 0.4) is 0 Å². The molecule has 169 valence electrons. The van der Waals surface area contributed by atoms with Crippen molar-refractivity contribution in [1.82, 2.24) is 4.90 Å². The number of piperazine rings is 1. The molecule has 1 aliphatic heterocycles. The number of nitrogens with zero attached hydrogens (tertiary/aromatic N) is 3. The second kappa shape index (κ2) is 10.6. The molecule has 5 nitrogen and oxygen atoms in total. The number of rotatable bonds is 6. The average Bonchev–Trinajstić information content (AvgIpc) is 2.68. The summed E-state index contributed by atoms with van der Waals surface area (Å²) < 4.78 is 29.1. The summed E-state index contributed by atoms with van der Waals surface area (Å²) in [4.78, 5) is 4.57. The minimum Gasteiger partial charge on any atom is -0.800 e. The van der Waals surface area contributed by atoms with Crippen molar-refractivity contribution >= 4 is 59.2 Å². The van der Waals surface area contributed by atoms with Crippen LogP contribution >= 0.6 is 7.26 Å². The molecule has 0 N–H and O–H groups in total. The third-order valence-electron chi connectivity index (χ3n) is 4.96. The molecule has 1 saturated heterocycles. The van der Waals surface area contributed by atoms with Crippen molar-refractivity contribution in [3.63, 3.8) is 0 Å². The topological polar surface area (TPSA) is 54.7 Å². The van der Waals surface area contributed by atoms with Crippen molar-refractivity contribution in [3.05, 3.63) is 53.3 Å². The molecule has 0 aliphatic carbocycles. The summed E-state index contributed by atoms with van der Waals surface area (Å²) in [5.41, 5.74) is 1.47. The van der Waals surface area contributed by atoms with Gasteiger partial charge in [0, 0.05) is 61.5 Å². The van der Waals surface area contributed by atoms with Gasteiger partial charge in [-0.05, 0) is 36.4 Å². The van der Waals surface area contributed by atoms with E-state index in [0.717, 1.165) is 31.9 Å². The fraction of sp³-hybridized carbons (Fsp3) is 0.400. The zero-order valence-electron chi connectivity index (χ0n) is 17.2. The Hall–Kier alpha value is -0.180. The number of hydrogen-bond acceptors (Lipinski definition) is 6. The van der Waals surface area contributed by atoms with Crippen LogP contribution in [0.25, 0.3) is 4.72 Å². The van der Waals surface area contributed by atoms with E-state index in [2.05, 4.69) is 34.5 Å². The Kier molecular flexibility index (Phi) is 9.23. The SMILES string of the molecule is C[P+](C)(C)c1ccc(S(=O)(=O)[N-]c2ccc(N3CCN(C([S-])[S-])CC3)cc2)cc1.[Au]. The van der Waals surface area contributed by atoms with Gasteiger partial charge in [0.05, 0.1) is 30.2 Å². The molecule has 3 rings (SSSR count). The van der Waals surface area contributed by atoms with Gasteiger partial charge in [-0.2, -0.15) is 0 Å². The summed E-state index contributed by atoms with van der Waals surface area (Å²) in [5.74, 6) is 0. The van der Waals surface area contributed by atoms with Gasteiger partial charge in [-0.1, -0.05) is 12.1 Å². The van der Waals surface area contributed by atoms with Crippen molar-refractivity contribution in [3.8, 4) is 0 Å². The molecule has 0 atom stereocenters. The third-order valence-corrected chi connectivity index (χ3v) is 8.72. The van der Waals surface area contributed by atoms with Crippen LogP contribution in [0.1, 0.15) is 0 Å². The van der Waals surface area contributed by atoms with Gasteiger partial charge in [0.2, 0.25) is 0 Å². The molecular formula is C20H26AuN3O2PS3-2. The summed E-state index contributed by atoms with van der Waals surface area (Å²) >= 11 is 10.3. The van der Waals surface area contributed by atoms with Gasteiger partial charge in [-0.3, -0.25) is 0 Å². The summed E-state index contributed by atoms with van der Waals surface area (Å²) in [6.07, 6.45) is 0. The van der Waals surface area contributed by atoms with Crippen LogP contribution in [0, 0.1) is 0 Å². The Morgan fingerprint density at radius 1 is 0.900 bits per heavy atom. The normalized spacial score (nSPS) is 15.7. The van der Waals surface area contributed by atoms with Crippen LogP contribution < -0.4 is 10.2 Å². The largest absolute Gasteiger partial charge is 0.800 e. The number of benzene rings is 2. The van der Waals surface area contributed by atoms with E-state index in [9.17, 15) is 8.42 Å². The van der Waals surface area contributed by atoms with Gasteiger partial charge >= 0.3 is 0 Å². The Morgan fingerprint density at radius 2 is 1.43 bits per heavy atom. The maximum Gasteiger partial charge on any atom is 0.123 e. The molecule has 0 unspecified atom stereocenters. The van der Waals surface area contributed by atoms with Crippen LogP contribution in [0.2, 0.25) is 0 Å². The van der Waals surface area contributed by atoms with Crippen LogP contribution in [0.4, 0.5) is 11.4 Å². The molecule has 1 aliphatic rings. The number of anilines is 1. The summed E-state index contributed by atoms with van der Waals surface area (Å²) in [6, 6.07) is 14.4. The minimum atomic E-state index is -3.74. The van der Waals surface area contributed by atoms with Gasteiger partial charge in [0.25, 0.3) is 0 Å². The monoisotopic (exact) mass is 664 g/mol. The van der Waals surface area contributed by atoms with E-state index in [1.807, 2.05) is 24.3 Å². The second-order valence-electron chi connectivity index (χ2n) is 7.92. The van der Waals surface area contributed by atoms with Gasteiger partial charge < -0.3 is 39.8 Å². The molecule has 1 fully saturated rings. The van der Waals surface area contributed by atoms with E-state index < -0.39 is 17.3 Å². The molecule has 10 heteroatoms. The molecule has 0 saturated carbocycles. The summed E-state index contributed by atoms with van der Waals surface area (Å²) in [6.45, 7) is 9.98. The fourth-order valence-corrected chi connectivity index (χ4v) is 5.62. The second-order valence-corrected chi connectivity index (χ2v) is 15.3. The van der Waals surface area contributed by atoms with Crippen LogP contribution in [0.15, 0.2) is 53.4 Å². The quantitative estimate of drug-likeness (QED) is 0.269. The minimum absolute atomic E-state index is 0.